The molecule has 2 heterocycles. The lowest BCUT2D eigenvalue weighted by Gasteiger charge is -2.22. The third kappa shape index (κ3) is 5.94. The lowest BCUT2D eigenvalue weighted by molar-refractivity contribution is 0.0519. The molecule has 3 aromatic rings. The topological polar surface area (TPSA) is 162 Å². The van der Waals surface area contributed by atoms with Crippen LogP contribution in [0.2, 0.25) is 0 Å². The molecule has 0 fully saturated rings. The lowest BCUT2D eigenvalue weighted by atomic mass is 10.1. The van der Waals surface area contributed by atoms with Crippen LogP contribution in [0.4, 0.5) is 4.79 Å². The van der Waals surface area contributed by atoms with Gasteiger partial charge in [-0.2, -0.15) is 5.10 Å². The number of nitrogens with zero attached hydrogens (tertiary/aromatic N) is 3. The zero-order chi connectivity index (χ0) is 23.3. The van der Waals surface area contributed by atoms with Crippen LogP contribution in [0.5, 0.6) is 11.5 Å². The van der Waals surface area contributed by atoms with Crippen LogP contribution in [0, 0.1) is 0 Å². The number of nitrogens with one attached hydrogen (secondary N) is 3. The number of rotatable bonds is 6. The fourth-order valence-corrected chi connectivity index (χ4v) is 2.72. The highest BCUT2D eigenvalue weighted by atomic mass is 16.6. The van der Waals surface area contributed by atoms with Crippen molar-refractivity contribution < 1.29 is 24.5 Å². The van der Waals surface area contributed by atoms with Gasteiger partial charge in [-0.15, -0.1) is 0 Å². The number of benzene rings is 1. The second-order valence-corrected chi connectivity index (χ2v) is 7.89. The summed E-state index contributed by atoms with van der Waals surface area (Å²) in [6.45, 7) is 5.13. The number of aromatic hydroxyl groups is 2. The zero-order valence-corrected chi connectivity index (χ0v) is 17.8. The first-order valence-corrected chi connectivity index (χ1v) is 9.75. The van der Waals surface area contributed by atoms with Gasteiger partial charge in [0.2, 0.25) is 0 Å². The number of aromatic amines is 1. The van der Waals surface area contributed by atoms with Crippen molar-refractivity contribution in [2.45, 2.75) is 32.4 Å². The number of carbonyl (C=O) groups is 2. The number of amides is 2. The van der Waals surface area contributed by atoms with Gasteiger partial charge in [-0.05, 0) is 45.0 Å². The third-order valence-corrected chi connectivity index (χ3v) is 4.15. The van der Waals surface area contributed by atoms with Gasteiger partial charge in [0.15, 0.2) is 5.82 Å². The molecule has 0 unspecified atom stereocenters. The highest BCUT2D eigenvalue weighted by Gasteiger charge is 2.24. The molecule has 3 rings (SSSR count). The number of hydrogen-bond acceptors (Lipinski definition) is 8. The Morgan fingerprint density at radius 1 is 1.16 bits per heavy atom. The number of pyridine rings is 1. The quantitative estimate of drug-likeness (QED) is 0.390. The van der Waals surface area contributed by atoms with Crippen LogP contribution >= 0.6 is 0 Å². The Balaban J connectivity index is 1.82. The Bertz CT molecular complexity index is 1090. The minimum Gasteiger partial charge on any atom is -0.508 e. The van der Waals surface area contributed by atoms with Gasteiger partial charge in [-0.1, -0.05) is 0 Å². The molecule has 11 nitrogen and oxygen atoms in total. The summed E-state index contributed by atoms with van der Waals surface area (Å²) in [5, 5.41) is 31.7. The third-order valence-electron chi connectivity index (χ3n) is 4.15. The zero-order valence-electron chi connectivity index (χ0n) is 17.8. The molecule has 0 saturated heterocycles. The highest BCUT2D eigenvalue weighted by molar-refractivity contribution is 5.97. The van der Waals surface area contributed by atoms with Crippen LogP contribution in [0.25, 0.3) is 11.4 Å². The van der Waals surface area contributed by atoms with Crippen LogP contribution in [-0.2, 0) is 4.74 Å². The van der Waals surface area contributed by atoms with Crippen LogP contribution in [0.1, 0.15) is 43.0 Å². The average molecular weight is 440 g/mol. The van der Waals surface area contributed by atoms with E-state index in [1.165, 1.54) is 12.1 Å². The number of alkyl carbamates (subject to hydrolysis) is 1. The molecule has 1 aromatic carbocycles. The van der Waals surface area contributed by atoms with Gasteiger partial charge in [0.25, 0.3) is 5.91 Å². The predicted molar refractivity (Wildman–Crippen MR) is 114 cm³/mol. The standard InChI is InChI=1S/C21H24N6O5/c1-21(2,3)32-20(31)23-11-15(24-19(30)14-5-4-13(28)10-16(14)29)18-25-17(26-27-18)12-6-8-22-9-7-12/h4-10,15,28-29H,11H2,1-3H3,(H,23,31)(H,24,30)(H,25,26,27)/t15-/m0/s1. The highest BCUT2D eigenvalue weighted by Crippen LogP contribution is 2.23. The molecule has 168 valence electrons. The van der Waals surface area contributed by atoms with Crippen molar-refractivity contribution in [2.24, 2.45) is 0 Å². The maximum Gasteiger partial charge on any atom is 0.407 e. The van der Waals surface area contributed by atoms with Crippen molar-refractivity contribution in [3.05, 3.63) is 54.1 Å². The van der Waals surface area contributed by atoms with E-state index in [2.05, 4.69) is 30.8 Å². The molecule has 0 radical (unpaired) electrons. The van der Waals surface area contributed by atoms with Crippen molar-refractivity contribution in [1.82, 2.24) is 30.8 Å². The largest absolute Gasteiger partial charge is 0.508 e. The predicted octanol–water partition coefficient (Wildman–Crippen LogP) is 2.27. The number of phenols is 2. The van der Waals surface area contributed by atoms with Crippen molar-refractivity contribution in [2.75, 3.05) is 6.54 Å². The van der Waals surface area contributed by atoms with Gasteiger partial charge in [0.05, 0.1) is 5.56 Å². The van der Waals surface area contributed by atoms with E-state index in [4.69, 9.17) is 4.74 Å². The van der Waals surface area contributed by atoms with Crippen LogP contribution in [0.3, 0.4) is 0 Å². The number of H-pyrrole nitrogens is 1. The van der Waals surface area contributed by atoms with Gasteiger partial charge < -0.3 is 25.6 Å². The number of carbonyl (C=O) groups excluding carboxylic acids is 2. The van der Waals surface area contributed by atoms with E-state index in [0.717, 1.165) is 6.07 Å². The Labute approximate surface area is 183 Å². The smallest absolute Gasteiger partial charge is 0.407 e. The molecule has 32 heavy (non-hydrogen) atoms. The van der Waals surface area contributed by atoms with E-state index in [1.54, 1.807) is 45.3 Å². The molecule has 1 atom stereocenters. The van der Waals surface area contributed by atoms with Gasteiger partial charge in [0, 0.05) is 30.6 Å². The van der Waals surface area contributed by atoms with E-state index in [-0.39, 0.29) is 23.7 Å². The number of ether oxygens (including phenoxy) is 1. The summed E-state index contributed by atoms with van der Waals surface area (Å²) in [5.41, 5.74) is -0.0377. The van der Waals surface area contributed by atoms with Crippen molar-refractivity contribution in [3.8, 4) is 22.9 Å². The first-order valence-electron chi connectivity index (χ1n) is 9.75. The van der Waals surface area contributed by atoms with Crippen molar-refractivity contribution in [3.63, 3.8) is 0 Å². The Morgan fingerprint density at radius 2 is 1.88 bits per heavy atom. The molecule has 0 saturated carbocycles. The molecule has 0 aliphatic carbocycles. The maximum absolute atomic E-state index is 12.7. The summed E-state index contributed by atoms with van der Waals surface area (Å²) in [7, 11) is 0. The molecule has 0 aliphatic rings. The van der Waals surface area contributed by atoms with Crippen molar-refractivity contribution >= 4 is 12.0 Å². The van der Waals surface area contributed by atoms with E-state index in [1.807, 2.05) is 0 Å². The SMILES string of the molecule is CC(C)(C)OC(=O)NC[C@H](NC(=O)c1ccc(O)cc1O)c1nc(-c2ccncc2)n[nH]1. The average Bonchev–Trinajstić information content (AvgIpc) is 3.20. The molecule has 2 amide bonds. The second kappa shape index (κ2) is 9.33. The maximum atomic E-state index is 12.7. The van der Waals surface area contributed by atoms with Gasteiger partial charge in [0.1, 0.15) is 29.0 Å². The number of hydrogen-bond donors (Lipinski definition) is 5. The van der Waals surface area contributed by atoms with E-state index in [0.29, 0.717) is 11.4 Å². The molecule has 0 bridgehead atoms. The summed E-state index contributed by atoms with van der Waals surface area (Å²) < 4.78 is 5.24. The minimum atomic E-state index is -0.827. The summed E-state index contributed by atoms with van der Waals surface area (Å²) in [6.07, 6.45) is 2.53. The molecule has 0 spiro atoms. The van der Waals surface area contributed by atoms with Crippen molar-refractivity contribution in [1.29, 1.82) is 0 Å². The number of phenolic OH excluding ortho intramolecular Hbond substituents is 2. The first kappa shape index (κ1) is 22.5. The fourth-order valence-electron chi connectivity index (χ4n) is 2.72. The summed E-state index contributed by atoms with van der Waals surface area (Å²) >= 11 is 0. The minimum absolute atomic E-state index is 0.0565. The molecule has 2 aromatic heterocycles. The van der Waals surface area contributed by atoms with Gasteiger partial charge in [-0.3, -0.25) is 14.9 Å². The van der Waals surface area contributed by atoms with E-state index >= 15 is 0 Å². The summed E-state index contributed by atoms with van der Waals surface area (Å²) in [6, 6.07) is 6.24. The summed E-state index contributed by atoms with van der Waals surface area (Å²) in [5.74, 6) is -0.554. The van der Waals surface area contributed by atoms with E-state index < -0.39 is 29.4 Å². The van der Waals surface area contributed by atoms with Gasteiger partial charge >= 0.3 is 6.09 Å². The fraction of sp³-hybridized carbons (Fsp3) is 0.286. The molecule has 5 N–H and O–H groups in total. The molecular weight excluding hydrogens is 416 g/mol. The van der Waals surface area contributed by atoms with Crippen LogP contribution in [0.15, 0.2) is 42.7 Å². The lowest BCUT2D eigenvalue weighted by Crippen LogP contribution is -2.40. The molecule has 0 aliphatic heterocycles. The molecule has 11 heteroatoms. The Kier molecular flexibility index (Phi) is 6.57. The molecular formula is C21H24N6O5. The second-order valence-electron chi connectivity index (χ2n) is 7.89. The van der Waals surface area contributed by atoms with Crippen LogP contribution in [-0.4, -0.2) is 54.5 Å². The summed E-state index contributed by atoms with van der Waals surface area (Å²) in [4.78, 5) is 33.2. The van der Waals surface area contributed by atoms with Gasteiger partial charge in [-0.25, -0.2) is 9.78 Å². The normalized spacial score (nSPS) is 12.1. The Morgan fingerprint density at radius 3 is 2.53 bits per heavy atom. The Hall–Kier alpha value is -4.15. The van der Waals surface area contributed by atoms with Crippen LogP contribution < -0.4 is 10.6 Å². The van der Waals surface area contributed by atoms with E-state index in [9.17, 15) is 19.8 Å². The monoisotopic (exact) mass is 440 g/mol. The first-order chi connectivity index (χ1) is 15.1. The number of aromatic nitrogens is 4.